The van der Waals surface area contributed by atoms with Crippen LogP contribution in [0.5, 0.6) is 5.75 Å². The zero-order valence-electron chi connectivity index (χ0n) is 9.62. The standard InChI is InChI=1S/C12H17ClN2O2/c13-10-5-4-6-11(9-10)17-8-3-1-2-7-12(16)15-14/h4-6,9H,1-3,7-8,14H2,(H,15,16). The Morgan fingerprint density at radius 2 is 2.18 bits per heavy atom. The molecular formula is C12H17ClN2O2. The van der Waals surface area contributed by atoms with Crippen LogP contribution in [0.15, 0.2) is 24.3 Å². The van der Waals surface area contributed by atoms with Gasteiger partial charge >= 0.3 is 0 Å². The number of nitrogens with two attached hydrogens (primary N) is 1. The number of nitrogens with one attached hydrogen (secondary N) is 1. The minimum atomic E-state index is -0.124. The predicted molar refractivity (Wildman–Crippen MR) is 67.7 cm³/mol. The Hall–Kier alpha value is -1.26. The van der Waals surface area contributed by atoms with Gasteiger partial charge in [0.1, 0.15) is 5.75 Å². The van der Waals surface area contributed by atoms with Gasteiger partial charge in [-0.25, -0.2) is 5.84 Å². The first-order valence-corrected chi connectivity index (χ1v) is 5.98. The number of benzene rings is 1. The van der Waals surface area contributed by atoms with Crippen molar-refractivity contribution in [2.24, 2.45) is 5.84 Å². The number of unbranched alkanes of at least 4 members (excludes halogenated alkanes) is 2. The first-order valence-electron chi connectivity index (χ1n) is 5.60. The highest BCUT2D eigenvalue weighted by Gasteiger charge is 1.98. The van der Waals surface area contributed by atoms with Gasteiger partial charge in [-0.15, -0.1) is 0 Å². The molecule has 5 heteroatoms. The number of carbonyl (C=O) groups is 1. The van der Waals surface area contributed by atoms with E-state index in [0.29, 0.717) is 18.1 Å². The Bertz CT molecular complexity index is 358. The highest BCUT2D eigenvalue weighted by Crippen LogP contribution is 2.17. The lowest BCUT2D eigenvalue weighted by atomic mass is 10.2. The fourth-order valence-corrected chi connectivity index (χ4v) is 1.56. The zero-order valence-corrected chi connectivity index (χ0v) is 10.4. The van der Waals surface area contributed by atoms with Gasteiger partial charge in [0.15, 0.2) is 0 Å². The lowest BCUT2D eigenvalue weighted by Crippen LogP contribution is -2.29. The van der Waals surface area contributed by atoms with E-state index in [-0.39, 0.29) is 5.91 Å². The van der Waals surface area contributed by atoms with Crippen molar-refractivity contribution in [3.63, 3.8) is 0 Å². The Morgan fingerprint density at radius 3 is 2.88 bits per heavy atom. The first-order chi connectivity index (χ1) is 8.22. The van der Waals surface area contributed by atoms with Crippen LogP contribution < -0.4 is 16.0 Å². The molecule has 0 radical (unpaired) electrons. The average molecular weight is 257 g/mol. The Balaban J connectivity index is 2.06. The molecular weight excluding hydrogens is 240 g/mol. The van der Waals surface area contributed by atoms with Crippen LogP contribution in [0.2, 0.25) is 5.02 Å². The number of rotatable bonds is 7. The summed E-state index contributed by atoms with van der Waals surface area (Å²) in [5.41, 5.74) is 2.10. The normalized spacial score (nSPS) is 10.0. The molecule has 0 spiro atoms. The lowest BCUT2D eigenvalue weighted by Gasteiger charge is -2.06. The number of carbonyl (C=O) groups excluding carboxylic acids is 1. The van der Waals surface area contributed by atoms with Gasteiger partial charge in [0, 0.05) is 11.4 Å². The van der Waals surface area contributed by atoms with E-state index in [1.54, 1.807) is 12.1 Å². The maximum absolute atomic E-state index is 10.8. The summed E-state index contributed by atoms with van der Waals surface area (Å²) in [6, 6.07) is 7.31. The lowest BCUT2D eigenvalue weighted by molar-refractivity contribution is -0.121. The van der Waals surface area contributed by atoms with Gasteiger partial charge in [0.25, 0.3) is 0 Å². The van der Waals surface area contributed by atoms with E-state index in [1.807, 2.05) is 12.1 Å². The summed E-state index contributed by atoms with van der Waals surface area (Å²) in [4.78, 5) is 10.8. The van der Waals surface area contributed by atoms with Crippen molar-refractivity contribution in [1.29, 1.82) is 0 Å². The van der Waals surface area contributed by atoms with Gasteiger partial charge < -0.3 is 4.74 Å². The summed E-state index contributed by atoms with van der Waals surface area (Å²) in [5.74, 6) is 5.62. The van der Waals surface area contributed by atoms with Crippen molar-refractivity contribution < 1.29 is 9.53 Å². The molecule has 0 aromatic heterocycles. The molecule has 0 fully saturated rings. The van der Waals surface area contributed by atoms with Crippen molar-refractivity contribution in [1.82, 2.24) is 5.43 Å². The summed E-state index contributed by atoms with van der Waals surface area (Å²) in [6.07, 6.45) is 3.13. The first kappa shape index (κ1) is 13.8. The predicted octanol–water partition coefficient (Wildman–Crippen LogP) is 2.27. The highest BCUT2D eigenvalue weighted by molar-refractivity contribution is 6.30. The molecule has 4 nitrogen and oxygen atoms in total. The molecule has 0 aliphatic carbocycles. The van der Waals surface area contributed by atoms with Crippen LogP contribution in [0.1, 0.15) is 25.7 Å². The van der Waals surface area contributed by atoms with Crippen LogP contribution in [0.3, 0.4) is 0 Å². The highest BCUT2D eigenvalue weighted by atomic mass is 35.5. The van der Waals surface area contributed by atoms with E-state index in [2.05, 4.69) is 5.43 Å². The van der Waals surface area contributed by atoms with Crippen LogP contribution in [0, 0.1) is 0 Å². The van der Waals surface area contributed by atoms with Gasteiger partial charge in [-0.05, 0) is 37.5 Å². The largest absolute Gasteiger partial charge is 0.494 e. The summed E-state index contributed by atoms with van der Waals surface area (Å²) in [6.45, 7) is 0.630. The van der Waals surface area contributed by atoms with Crippen molar-refractivity contribution in [3.05, 3.63) is 29.3 Å². The molecule has 0 unspecified atom stereocenters. The van der Waals surface area contributed by atoms with Gasteiger partial charge in [-0.3, -0.25) is 10.2 Å². The molecule has 3 N–H and O–H groups in total. The van der Waals surface area contributed by atoms with E-state index in [1.165, 1.54) is 0 Å². The fourth-order valence-electron chi connectivity index (χ4n) is 1.38. The smallest absolute Gasteiger partial charge is 0.233 e. The van der Waals surface area contributed by atoms with E-state index in [0.717, 1.165) is 25.0 Å². The number of hydrogen-bond donors (Lipinski definition) is 2. The monoisotopic (exact) mass is 256 g/mol. The second-order valence-corrected chi connectivity index (χ2v) is 4.12. The van der Waals surface area contributed by atoms with E-state index in [9.17, 15) is 4.79 Å². The van der Waals surface area contributed by atoms with Crippen LogP contribution >= 0.6 is 11.6 Å². The van der Waals surface area contributed by atoms with Crippen LogP contribution in [-0.2, 0) is 4.79 Å². The van der Waals surface area contributed by atoms with Gasteiger partial charge in [0.2, 0.25) is 5.91 Å². The number of amides is 1. The van der Waals surface area contributed by atoms with Crippen LogP contribution in [0.4, 0.5) is 0 Å². The minimum Gasteiger partial charge on any atom is -0.494 e. The molecule has 1 rings (SSSR count). The maximum Gasteiger partial charge on any atom is 0.233 e. The summed E-state index contributed by atoms with van der Waals surface area (Å²) in [5, 5.41) is 0.669. The molecule has 0 aliphatic rings. The van der Waals surface area contributed by atoms with E-state index >= 15 is 0 Å². The molecule has 0 atom stereocenters. The van der Waals surface area contributed by atoms with E-state index in [4.69, 9.17) is 22.2 Å². The van der Waals surface area contributed by atoms with Gasteiger partial charge in [-0.1, -0.05) is 17.7 Å². The average Bonchev–Trinajstić information content (AvgIpc) is 2.33. The Labute approximate surface area is 106 Å². The molecule has 0 saturated heterocycles. The second kappa shape index (κ2) is 7.92. The maximum atomic E-state index is 10.8. The number of hydrazine groups is 1. The summed E-state index contributed by atoms with van der Waals surface area (Å²) in [7, 11) is 0. The zero-order chi connectivity index (χ0) is 12.5. The Kier molecular flexibility index (Phi) is 6.43. The topological polar surface area (TPSA) is 64.3 Å². The molecule has 0 aliphatic heterocycles. The van der Waals surface area contributed by atoms with Crippen molar-refractivity contribution in [2.45, 2.75) is 25.7 Å². The van der Waals surface area contributed by atoms with Crippen molar-refractivity contribution in [3.8, 4) is 5.75 Å². The van der Waals surface area contributed by atoms with Crippen molar-refractivity contribution in [2.75, 3.05) is 6.61 Å². The fraction of sp³-hybridized carbons (Fsp3) is 0.417. The molecule has 17 heavy (non-hydrogen) atoms. The van der Waals surface area contributed by atoms with Crippen LogP contribution in [-0.4, -0.2) is 12.5 Å². The number of halogens is 1. The third-order valence-electron chi connectivity index (χ3n) is 2.27. The van der Waals surface area contributed by atoms with E-state index < -0.39 is 0 Å². The molecule has 1 aromatic carbocycles. The third-order valence-corrected chi connectivity index (χ3v) is 2.51. The third kappa shape index (κ3) is 6.14. The molecule has 0 saturated carbocycles. The summed E-state index contributed by atoms with van der Waals surface area (Å²) >= 11 is 5.82. The molecule has 1 amide bonds. The minimum absolute atomic E-state index is 0.124. The van der Waals surface area contributed by atoms with Gasteiger partial charge in [0.05, 0.1) is 6.61 Å². The SMILES string of the molecule is NNC(=O)CCCCCOc1cccc(Cl)c1. The quantitative estimate of drug-likeness (QED) is 0.340. The Morgan fingerprint density at radius 1 is 1.35 bits per heavy atom. The second-order valence-electron chi connectivity index (χ2n) is 3.68. The van der Waals surface area contributed by atoms with Gasteiger partial charge in [-0.2, -0.15) is 0 Å². The number of ether oxygens (including phenoxy) is 1. The number of hydrogen-bond acceptors (Lipinski definition) is 3. The molecule has 0 heterocycles. The summed E-state index contributed by atoms with van der Waals surface area (Å²) < 4.78 is 5.51. The van der Waals surface area contributed by atoms with Crippen LogP contribution in [0.25, 0.3) is 0 Å². The molecule has 1 aromatic rings. The molecule has 0 bridgehead atoms. The molecule has 94 valence electrons. The van der Waals surface area contributed by atoms with Crippen molar-refractivity contribution >= 4 is 17.5 Å².